The predicted octanol–water partition coefficient (Wildman–Crippen LogP) is 2.14. The van der Waals surface area contributed by atoms with Gasteiger partial charge in [0.2, 0.25) is 0 Å². The summed E-state index contributed by atoms with van der Waals surface area (Å²) in [5, 5.41) is 0. The van der Waals surface area contributed by atoms with Crippen LogP contribution in [0.1, 0.15) is 34.1 Å². The molecule has 1 aliphatic rings. The first-order chi connectivity index (χ1) is 6.08. The van der Waals surface area contributed by atoms with Gasteiger partial charge in [-0.3, -0.25) is 4.90 Å². The Labute approximate surface area is 82.3 Å². The van der Waals surface area contributed by atoms with E-state index in [1.807, 2.05) is 0 Å². The SMILES string of the molecule is CC(C)CCN1CC(C)OC(C)C1. The van der Waals surface area contributed by atoms with Crippen molar-refractivity contribution in [2.24, 2.45) is 5.92 Å². The number of hydrogen-bond donors (Lipinski definition) is 0. The molecule has 0 N–H and O–H groups in total. The molecule has 0 aromatic rings. The van der Waals surface area contributed by atoms with Gasteiger partial charge in [-0.1, -0.05) is 13.8 Å². The van der Waals surface area contributed by atoms with Crippen molar-refractivity contribution in [1.29, 1.82) is 0 Å². The van der Waals surface area contributed by atoms with Crippen LogP contribution in [0.25, 0.3) is 0 Å². The maximum Gasteiger partial charge on any atom is 0.0678 e. The predicted molar refractivity (Wildman–Crippen MR) is 55.9 cm³/mol. The Balaban J connectivity index is 2.25. The Morgan fingerprint density at radius 1 is 1.23 bits per heavy atom. The highest BCUT2D eigenvalue weighted by Gasteiger charge is 2.21. The van der Waals surface area contributed by atoms with Gasteiger partial charge in [0, 0.05) is 13.1 Å². The van der Waals surface area contributed by atoms with Crippen molar-refractivity contribution in [3.8, 4) is 0 Å². The highest BCUT2D eigenvalue weighted by atomic mass is 16.5. The molecule has 2 unspecified atom stereocenters. The van der Waals surface area contributed by atoms with E-state index in [9.17, 15) is 0 Å². The van der Waals surface area contributed by atoms with Gasteiger partial charge in [0.05, 0.1) is 12.2 Å². The van der Waals surface area contributed by atoms with Gasteiger partial charge in [-0.2, -0.15) is 0 Å². The van der Waals surface area contributed by atoms with Gasteiger partial charge in [-0.05, 0) is 32.7 Å². The molecule has 2 atom stereocenters. The Hall–Kier alpha value is -0.0800. The summed E-state index contributed by atoms with van der Waals surface area (Å²) >= 11 is 0. The van der Waals surface area contributed by atoms with Crippen LogP contribution in [-0.2, 0) is 4.74 Å². The maximum absolute atomic E-state index is 5.68. The highest BCUT2D eigenvalue weighted by molar-refractivity contribution is 4.73. The summed E-state index contributed by atoms with van der Waals surface area (Å²) in [4.78, 5) is 2.53. The minimum Gasteiger partial charge on any atom is -0.373 e. The van der Waals surface area contributed by atoms with Crippen LogP contribution >= 0.6 is 0 Å². The zero-order valence-electron chi connectivity index (χ0n) is 9.42. The summed E-state index contributed by atoms with van der Waals surface area (Å²) < 4.78 is 5.68. The van der Waals surface area contributed by atoms with Crippen LogP contribution < -0.4 is 0 Å². The summed E-state index contributed by atoms with van der Waals surface area (Å²) in [6.45, 7) is 12.3. The van der Waals surface area contributed by atoms with E-state index in [1.54, 1.807) is 0 Å². The van der Waals surface area contributed by atoms with Crippen LogP contribution in [-0.4, -0.2) is 36.7 Å². The summed E-state index contributed by atoms with van der Waals surface area (Å²) in [5.74, 6) is 0.813. The molecule has 1 rings (SSSR count). The molecule has 78 valence electrons. The molecule has 2 heteroatoms. The standard InChI is InChI=1S/C11H23NO/c1-9(2)5-6-12-7-10(3)13-11(4)8-12/h9-11H,5-8H2,1-4H3. The van der Waals surface area contributed by atoms with Crippen molar-refractivity contribution in [1.82, 2.24) is 4.90 Å². The molecule has 0 aliphatic carbocycles. The van der Waals surface area contributed by atoms with Crippen LogP contribution in [0.3, 0.4) is 0 Å². The third kappa shape index (κ3) is 4.10. The summed E-state index contributed by atoms with van der Waals surface area (Å²) in [6, 6.07) is 0. The molecular formula is C11H23NO. The molecule has 1 saturated heterocycles. The van der Waals surface area contributed by atoms with Gasteiger partial charge in [-0.25, -0.2) is 0 Å². The Bertz CT molecular complexity index is 137. The van der Waals surface area contributed by atoms with Gasteiger partial charge in [0.15, 0.2) is 0 Å². The minimum absolute atomic E-state index is 0.413. The van der Waals surface area contributed by atoms with Gasteiger partial charge in [0.1, 0.15) is 0 Å². The van der Waals surface area contributed by atoms with Gasteiger partial charge in [0.25, 0.3) is 0 Å². The molecule has 0 spiro atoms. The molecule has 2 nitrogen and oxygen atoms in total. The molecular weight excluding hydrogens is 162 g/mol. The summed E-state index contributed by atoms with van der Waals surface area (Å²) in [6.07, 6.45) is 2.13. The molecule has 13 heavy (non-hydrogen) atoms. The van der Waals surface area contributed by atoms with E-state index in [0.29, 0.717) is 12.2 Å². The molecule has 0 aromatic heterocycles. The van der Waals surface area contributed by atoms with Crippen LogP contribution in [0, 0.1) is 5.92 Å². The van der Waals surface area contributed by atoms with Crippen molar-refractivity contribution in [2.75, 3.05) is 19.6 Å². The first-order valence-electron chi connectivity index (χ1n) is 5.45. The van der Waals surface area contributed by atoms with E-state index in [-0.39, 0.29) is 0 Å². The fourth-order valence-corrected chi connectivity index (χ4v) is 1.91. The fraction of sp³-hybridized carbons (Fsp3) is 1.00. The lowest BCUT2D eigenvalue weighted by Gasteiger charge is -2.35. The molecule has 1 fully saturated rings. The van der Waals surface area contributed by atoms with Crippen molar-refractivity contribution in [2.45, 2.75) is 46.3 Å². The first kappa shape index (κ1) is 11.0. The monoisotopic (exact) mass is 185 g/mol. The van der Waals surface area contributed by atoms with Crippen molar-refractivity contribution in [3.63, 3.8) is 0 Å². The first-order valence-corrected chi connectivity index (χ1v) is 5.45. The largest absolute Gasteiger partial charge is 0.373 e. The van der Waals surface area contributed by atoms with Crippen molar-refractivity contribution in [3.05, 3.63) is 0 Å². The highest BCUT2D eigenvalue weighted by Crippen LogP contribution is 2.12. The van der Waals surface area contributed by atoms with Crippen molar-refractivity contribution >= 4 is 0 Å². The normalized spacial score (nSPS) is 31.2. The van der Waals surface area contributed by atoms with Crippen LogP contribution in [0.2, 0.25) is 0 Å². The summed E-state index contributed by atoms with van der Waals surface area (Å²) in [7, 11) is 0. The quantitative estimate of drug-likeness (QED) is 0.668. The van der Waals surface area contributed by atoms with Gasteiger partial charge in [-0.15, -0.1) is 0 Å². The lowest BCUT2D eigenvalue weighted by Crippen LogP contribution is -2.45. The Morgan fingerprint density at radius 2 is 1.77 bits per heavy atom. The van der Waals surface area contributed by atoms with Crippen molar-refractivity contribution < 1.29 is 4.74 Å². The molecule has 0 saturated carbocycles. The molecule has 1 aliphatic heterocycles. The van der Waals surface area contributed by atoms with E-state index in [4.69, 9.17) is 4.74 Å². The smallest absolute Gasteiger partial charge is 0.0678 e. The zero-order chi connectivity index (χ0) is 9.84. The number of ether oxygens (including phenoxy) is 1. The number of hydrogen-bond acceptors (Lipinski definition) is 2. The lowest BCUT2D eigenvalue weighted by atomic mass is 10.1. The van der Waals surface area contributed by atoms with Gasteiger partial charge < -0.3 is 4.74 Å². The molecule has 0 bridgehead atoms. The van der Waals surface area contributed by atoms with Crippen LogP contribution in [0.15, 0.2) is 0 Å². The third-order valence-electron chi connectivity index (χ3n) is 2.52. The van der Waals surface area contributed by atoms with E-state index in [0.717, 1.165) is 19.0 Å². The summed E-state index contributed by atoms with van der Waals surface area (Å²) in [5.41, 5.74) is 0. The molecule has 0 radical (unpaired) electrons. The third-order valence-corrected chi connectivity index (χ3v) is 2.52. The Morgan fingerprint density at radius 3 is 2.23 bits per heavy atom. The van der Waals surface area contributed by atoms with E-state index < -0.39 is 0 Å². The average molecular weight is 185 g/mol. The lowest BCUT2D eigenvalue weighted by molar-refractivity contribution is -0.0687. The van der Waals surface area contributed by atoms with Gasteiger partial charge >= 0.3 is 0 Å². The Kier molecular flexibility index (Phi) is 4.20. The average Bonchev–Trinajstić information content (AvgIpc) is 1.99. The second-order valence-electron chi connectivity index (χ2n) is 4.70. The number of nitrogens with zero attached hydrogens (tertiary/aromatic N) is 1. The maximum atomic E-state index is 5.68. The van der Waals surface area contributed by atoms with E-state index in [2.05, 4.69) is 32.6 Å². The minimum atomic E-state index is 0.413. The van der Waals surface area contributed by atoms with Crippen LogP contribution in [0.4, 0.5) is 0 Å². The van der Waals surface area contributed by atoms with E-state index >= 15 is 0 Å². The van der Waals surface area contributed by atoms with Crippen LogP contribution in [0.5, 0.6) is 0 Å². The topological polar surface area (TPSA) is 12.5 Å². The molecule has 1 heterocycles. The molecule has 0 amide bonds. The second-order valence-corrected chi connectivity index (χ2v) is 4.70. The zero-order valence-corrected chi connectivity index (χ0v) is 9.42. The number of morpholine rings is 1. The number of rotatable bonds is 3. The fourth-order valence-electron chi connectivity index (χ4n) is 1.91. The molecule has 0 aromatic carbocycles. The van der Waals surface area contributed by atoms with E-state index in [1.165, 1.54) is 13.0 Å². The second kappa shape index (κ2) is 4.97.